The molecule has 0 saturated carbocycles. The van der Waals surface area contributed by atoms with Gasteiger partial charge in [0.25, 0.3) is 5.91 Å². The first-order valence-corrected chi connectivity index (χ1v) is 8.62. The van der Waals surface area contributed by atoms with Crippen molar-refractivity contribution in [2.45, 2.75) is 19.9 Å². The van der Waals surface area contributed by atoms with E-state index in [2.05, 4.69) is 20.5 Å². The van der Waals surface area contributed by atoms with Gasteiger partial charge in [-0.05, 0) is 38.1 Å². The maximum Gasteiger partial charge on any atom is 0.252 e. The van der Waals surface area contributed by atoms with Gasteiger partial charge in [-0.25, -0.2) is 4.98 Å². The number of carbonyl (C=O) groups excluding carboxylic acids is 1. The molecule has 0 radical (unpaired) electrons. The van der Waals surface area contributed by atoms with Crippen LogP contribution in [0.1, 0.15) is 34.7 Å². The Kier molecular flexibility index (Phi) is 4.02. The average Bonchev–Trinajstić information content (AvgIpc) is 3.36. The molecule has 0 unspecified atom stereocenters. The minimum Gasteiger partial charge on any atom is -0.463 e. The summed E-state index contributed by atoms with van der Waals surface area (Å²) >= 11 is 0. The highest BCUT2D eigenvalue weighted by Gasteiger charge is 2.22. The van der Waals surface area contributed by atoms with Crippen LogP contribution < -0.4 is 5.32 Å². The lowest BCUT2D eigenvalue weighted by molar-refractivity contribution is 0.0940. The fourth-order valence-corrected chi connectivity index (χ4v) is 3.19. The van der Waals surface area contributed by atoms with E-state index in [0.29, 0.717) is 22.7 Å². The van der Waals surface area contributed by atoms with E-state index in [9.17, 15) is 4.79 Å². The third kappa shape index (κ3) is 2.99. The summed E-state index contributed by atoms with van der Waals surface area (Å²) in [5, 5.41) is 12.5. The van der Waals surface area contributed by atoms with Crippen LogP contribution in [0.25, 0.3) is 22.5 Å². The molecular formula is C19H20N6O2. The Hall–Kier alpha value is -3.42. The van der Waals surface area contributed by atoms with Crippen LogP contribution in [-0.4, -0.2) is 30.5 Å². The highest BCUT2D eigenvalue weighted by molar-refractivity contribution is 6.07. The molecule has 27 heavy (non-hydrogen) atoms. The standard InChI is InChI=1S/C19H20N6O2/c1-11(14-7-8-24(3)23-14)20-19(26)13-10-15(16-6-5-9-27-16)21-18-17(13)12(2)22-25(18)4/h5-11H,1-4H3,(H,20,26)/t11-/m0/s1. The Balaban J connectivity index is 1.78. The average molecular weight is 364 g/mol. The van der Waals surface area contributed by atoms with Crippen LogP contribution >= 0.6 is 0 Å². The highest BCUT2D eigenvalue weighted by atomic mass is 16.3. The van der Waals surface area contributed by atoms with E-state index in [-0.39, 0.29) is 11.9 Å². The molecule has 1 atom stereocenters. The van der Waals surface area contributed by atoms with E-state index in [1.807, 2.05) is 46.3 Å². The van der Waals surface area contributed by atoms with Gasteiger partial charge in [-0.2, -0.15) is 10.2 Å². The summed E-state index contributed by atoms with van der Waals surface area (Å²) in [5.41, 5.74) is 3.29. The zero-order valence-corrected chi connectivity index (χ0v) is 15.6. The van der Waals surface area contributed by atoms with Crippen molar-refractivity contribution in [1.82, 2.24) is 29.9 Å². The van der Waals surface area contributed by atoms with E-state index < -0.39 is 0 Å². The Morgan fingerprint density at radius 3 is 2.74 bits per heavy atom. The fourth-order valence-electron chi connectivity index (χ4n) is 3.19. The maximum absolute atomic E-state index is 13.1. The van der Waals surface area contributed by atoms with Crippen molar-refractivity contribution in [1.29, 1.82) is 0 Å². The summed E-state index contributed by atoms with van der Waals surface area (Å²) in [4.78, 5) is 17.7. The van der Waals surface area contributed by atoms with E-state index in [4.69, 9.17) is 4.42 Å². The topological polar surface area (TPSA) is 90.8 Å². The molecule has 4 aromatic rings. The summed E-state index contributed by atoms with van der Waals surface area (Å²) in [5.74, 6) is 0.395. The first-order valence-electron chi connectivity index (χ1n) is 8.62. The summed E-state index contributed by atoms with van der Waals surface area (Å²) in [6.07, 6.45) is 3.43. The quantitative estimate of drug-likeness (QED) is 0.601. The second-order valence-corrected chi connectivity index (χ2v) is 6.55. The van der Waals surface area contributed by atoms with E-state index in [1.165, 1.54) is 0 Å². The van der Waals surface area contributed by atoms with Crippen molar-refractivity contribution >= 4 is 16.9 Å². The number of aryl methyl sites for hydroxylation is 3. The van der Waals surface area contributed by atoms with E-state index >= 15 is 0 Å². The number of nitrogens with one attached hydrogen (secondary N) is 1. The van der Waals surface area contributed by atoms with Crippen molar-refractivity contribution in [3.05, 3.63) is 53.7 Å². The van der Waals surface area contributed by atoms with Gasteiger partial charge in [0.2, 0.25) is 0 Å². The van der Waals surface area contributed by atoms with Crippen LogP contribution in [-0.2, 0) is 14.1 Å². The summed E-state index contributed by atoms with van der Waals surface area (Å²) in [6.45, 7) is 3.78. The number of amides is 1. The fraction of sp³-hybridized carbons (Fsp3) is 0.263. The van der Waals surface area contributed by atoms with Gasteiger partial charge in [-0.3, -0.25) is 14.2 Å². The van der Waals surface area contributed by atoms with Gasteiger partial charge in [0, 0.05) is 20.3 Å². The molecule has 8 heteroatoms. The first kappa shape index (κ1) is 17.0. The number of rotatable bonds is 4. The van der Waals surface area contributed by atoms with Crippen LogP contribution in [0.15, 0.2) is 41.1 Å². The summed E-state index contributed by atoms with van der Waals surface area (Å²) in [7, 11) is 3.66. The normalized spacial score (nSPS) is 12.4. The van der Waals surface area contributed by atoms with Gasteiger partial charge >= 0.3 is 0 Å². The third-order valence-electron chi connectivity index (χ3n) is 4.51. The predicted molar refractivity (Wildman–Crippen MR) is 100 cm³/mol. The molecule has 138 valence electrons. The molecule has 8 nitrogen and oxygen atoms in total. The number of aromatic nitrogens is 5. The Morgan fingerprint density at radius 2 is 2.07 bits per heavy atom. The SMILES string of the molecule is Cc1nn(C)c2nc(-c3ccco3)cc(C(=O)N[C@@H](C)c3ccn(C)n3)c12. The van der Waals surface area contributed by atoms with Gasteiger partial charge in [0.1, 0.15) is 5.69 Å². The van der Waals surface area contributed by atoms with Crippen molar-refractivity contribution in [3.8, 4) is 11.5 Å². The second-order valence-electron chi connectivity index (χ2n) is 6.55. The molecule has 0 saturated heterocycles. The molecule has 4 rings (SSSR count). The molecule has 4 heterocycles. The molecule has 0 aliphatic heterocycles. The number of hydrogen-bond acceptors (Lipinski definition) is 5. The lowest BCUT2D eigenvalue weighted by Crippen LogP contribution is -2.27. The van der Waals surface area contributed by atoms with Crippen molar-refractivity contribution in [2.24, 2.45) is 14.1 Å². The van der Waals surface area contributed by atoms with Crippen LogP contribution in [0.2, 0.25) is 0 Å². The van der Waals surface area contributed by atoms with Crippen LogP contribution in [0.5, 0.6) is 0 Å². The van der Waals surface area contributed by atoms with Crippen LogP contribution in [0, 0.1) is 6.92 Å². The third-order valence-corrected chi connectivity index (χ3v) is 4.51. The molecule has 0 bridgehead atoms. The monoisotopic (exact) mass is 364 g/mol. The number of furan rings is 1. The van der Waals surface area contributed by atoms with Crippen molar-refractivity contribution in [3.63, 3.8) is 0 Å². The Morgan fingerprint density at radius 1 is 1.26 bits per heavy atom. The lowest BCUT2D eigenvalue weighted by atomic mass is 10.1. The van der Waals surface area contributed by atoms with Crippen LogP contribution in [0.3, 0.4) is 0 Å². The molecule has 0 aliphatic rings. The maximum atomic E-state index is 13.1. The van der Waals surface area contributed by atoms with Gasteiger partial charge in [0.15, 0.2) is 11.4 Å². The number of fused-ring (bicyclic) bond motifs is 1. The van der Waals surface area contributed by atoms with Crippen molar-refractivity contribution in [2.75, 3.05) is 0 Å². The predicted octanol–water partition coefficient (Wildman–Crippen LogP) is 2.76. The molecule has 1 amide bonds. The Labute approximate surface area is 155 Å². The zero-order chi connectivity index (χ0) is 19.1. The molecule has 1 N–H and O–H groups in total. The van der Waals surface area contributed by atoms with Gasteiger partial charge in [-0.15, -0.1) is 0 Å². The molecule has 0 spiro atoms. The van der Waals surface area contributed by atoms with Gasteiger partial charge in [-0.1, -0.05) is 0 Å². The number of hydrogen-bond donors (Lipinski definition) is 1. The molecule has 0 fully saturated rings. The molecule has 0 aromatic carbocycles. The first-order chi connectivity index (χ1) is 12.9. The number of carbonyl (C=O) groups is 1. The highest BCUT2D eigenvalue weighted by Crippen LogP contribution is 2.27. The molecule has 4 aromatic heterocycles. The number of nitrogens with zero attached hydrogens (tertiary/aromatic N) is 5. The molecule has 0 aliphatic carbocycles. The molecular weight excluding hydrogens is 344 g/mol. The Bertz CT molecular complexity index is 1120. The largest absolute Gasteiger partial charge is 0.463 e. The minimum atomic E-state index is -0.231. The number of pyridine rings is 1. The summed E-state index contributed by atoms with van der Waals surface area (Å²) < 4.78 is 8.85. The van der Waals surface area contributed by atoms with Gasteiger partial charge in [0.05, 0.1) is 34.6 Å². The smallest absolute Gasteiger partial charge is 0.252 e. The lowest BCUT2D eigenvalue weighted by Gasteiger charge is -2.13. The van der Waals surface area contributed by atoms with Crippen LogP contribution in [0.4, 0.5) is 0 Å². The van der Waals surface area contributed by atoms with E-state index in [1.54, 1.807) is 27.8 Å². The van der Waals surface area contributed by atoms with E-state index in [0.717, 1.165) is 16.8 Å². The van der Waals surface area contributed by atoms with Crippen molar-refractivity contribution < 1.29 is 9.21 Å². The van der Waals surface area contributed by atoms with Gasteiger partial charge < -0.3 is 9.73 Å². The summed E-state index contributed by atoms with van der Waals surface area (Å²) in [6, 6.07) is 7.01. The second kappa shape index (κ2) is 6.39. The zero-order valence-electron chi connectivity index (χ0n) is 15.6. The minimum absolute atomic E-state index is 0.204.